The zero-order valence-corrected chi connectivity index (χ0v) is 17.9. The summed E-state index contributed by atoms with van der Waals surface area (Å²) in [5.41, 5.74) is 12.5. The molecule has 7 heteroatoms. The molecule has 7 nitrogen and oxygen atoms in total. The topological polar surface area (TPSA) is 103 Å². The minimum atomic E-state index is -0.846. The molecule has 2 aromatic heterocycles. The molecule has 4 aromatic rings. The van der Waals surface area contributed by atoms with Gasteiger partial charge in [-0.05, 0) is 60.4 Å². The Kier molecular flexibility index (Phi) is 5.64. The van der Waals surface area contributed by atoms with E-state index in [4.69, 9.17) is 5.73 Å². The number of aliphatic carboxylic acids is 1. The Bertz CT molecular complexity index is 1300. The first-order valence-corrected chi connectivity index (χ1v) is 10.3. The van der Waals surface area contributed by atoms with Crippen molar-refractivity contribution >= 4 is 11.9 Å². The number of hydrogen-bond acceptors (Lipinski definition) is 3. The SMILES string of the molecule is Cc1cc(C(N)=O)ccc1-n1c(CCC(=O)O)ccc1-c1ccc(-c2cnn(C)c2)cc1. The van der Waals surface area contributed by atoms with Crippen LogP contribution in [0.4, 0.5) is 0 Å². The number of carbonyl (C=O) groups is 2. The van der Waals surface area contributed by atoms with Crippen molar-refractivity contribution in [2.24, 2.45) is 12.8 Å². The maximum Gasteiger partial charge on any atom is 0.303 e. The van der Waals surface area contributed by atoms with Crippen molar-refractivity contribution in [3.63, 3.8) is 0 Å². The van der Waals surface area contributed by atoms with Gasteiger partial charge in [0, 0.05) is 35.8 Å². The molecule has 0 atom stereocenters. The van der Waals surface area contributed by atoms with Gasteiger partial charge < -0.3 is 15.4 Å². The Morgan fingerprint density at radius 3 is 2.31 bits per heavy atom. The predicted octanol–water partition coefficient (Wildman–Crippen LogP) is 3.97. The van der Waals surface area contributed by atoms with Gasteiger partial charge in [0.25, 0.3) is 0 Å². The Hall–Kier alpha value is -4.13. The lowest BCUT2D eigenvalue weighted by molar-refractivity contribution is -0.136. The molecule has 0 saturated carbocycles. The second-order valence-electron chi connectivity index (χ2n) is 7.78. The molecule has 0 aliphatic carbocycles. The molecule has 1 amide bonds. The largest absolute Gasteiger partial charge is 0.481 e. The van der Waals surface area contributed by atoms with Gasteiger partial charge in [0.15, 0.2) is 0 Å². The smallest absolute Gasteiger partial charge is 0.303 e. The standard InChI is InChI=1S/C25H24N4O3/c1-16-13-19(25(26)32)7-10-22(16)29-21(9-12-24(30)31)8-11-23(29)18-5-3-17(4-6-18)20-14-27-28(2)15-20/h3-8,10-11,13-15H,9,12H2,1-2H3,(H2,26,32)(H,30,31). The summed E-state index contributed by atoms with van der Waals surface area (Å²) in [4.78, 5) is 22.8. The monoisotopic (exact) mass is 428 g/mol. The summed E-state index contributed by atoms with van der Waals surface area (Å²) in [6.07, 6.45) is 4.21. The fourth-order valence-corrected chi connectivity index (χ4v) is 3.88. The Labute approximate surface area is 185 Å². The molecule has 0 bridgehead atoms. The quantitative estimate of drug-likeness (QED) is 0.465. The highest BCUT2D eigenvalue weighted by atomic mass is 16.4. The highest BCUT2D eigenvalue weighted by Crippen LogP contribution is 2.31. The number of nitrogens with two attached hydrogens (primary N) is 1. The molecule has 0 aliphatic rings. The normalized spacial score (nSPS) is 10.9. The lowest BCUT2D eigenvalue weighted by atomic mass is 10.0. The van der Waals surface area contributed by atoms with E-state index < -0.39 is 11.9 Å². The van der Waals surface area contributed by atoms with Gasteiger partial charge in [-0.25, -0.2) is 0 Å². The lowest BCUT2D eigenvalue weighted by Gasteiger charge is -2.17. The predicted molar refractivity (Wildman–Crippen MR) is 123 cm³/mol. The van der Waals surface area contributed by atoms with Crippen LogP contribution in [-0.4, -0.2) is 31.3 Å². The van der Waals surface area contributed by atoms with E-state index in [9.17, 15) is 14.7 Å². The number of carboxylic acid groups (broad SMARTS) is 1. The number of hydrogen-bond donors (Lipinski definition) is 2. The van der Waals surface area contributed by atoms with Gasteiger partial charge in [-0.1, -0.05) is 24.3 Å². The maximum atomic E-state index is 11.6. The zero-order valence-electron chi connectivity index (χ0n) is 17.9. The molecular formula is C25H24N4O3. The third-order valence-electron chi connectivity index (χ3n) is 5.50. The summed E-state index contributed by atoms with van der Waals surface area (Å²) in [6, 6.07) is 17.4. The molecule has 3 N–H and O–H groups in total. The zero-order chi connectivity index (χ0) is 22.8. The Morgan fingerprint density at radius 2 is 1.72 bits per heavy atom. The number of rotatable bonds is 7. The van der Waals surface area contributed by atoms with E-state index in [1.165, 1.54) is 0 Å². The van der Waals surface area contributed by atoms with Crippen molar-refractivity contribution in [2.75, 3.05) is 0 Å². The van der Waals surface area contributed by atoms with E-state index >= 15 is 0 Å². The van der Waals surface area contributed by atoms with Crippen LogP contribution < -0.4 is 5.73 Å². The number of carboxylic acids is 1. The van der Waals surface area contributed by atoms with Crippen molar-refractivity contribution in [1.29, 1.82) is 0 Å². The fourth-order valence-electron chi connectivity index (χ4n) is 3.88. The highest BCUT2D eigenvalue weighted by Gasteiger charge is 2.16. The summed E-state index contributed by atoms with van der Waals surface area (Å²) in [6.45, 7) is 1.91. The van der Waals surface area contributed by atoms with Crippen LogP contribution in [0.25, 0.3) is 28.1 Å². The molecule has 0 radical (unpaired) electrons. The van der Waals surface area contributed by atoms with Gasteiger partial charge >= 0.3 is 5.97 Å². The van der Waals surface area contributed by atoms with Crippen molar-refractivity contribution in [3.05, 3.63) is 83.8 Å². The second-order valence-corrected chi connectivity index (χ2v) is 7.78. The molecule has 0 fully saturated rings. The summed E-state index contributed by atoms with van der Waals surface area (Å²) in [7, 11) is 1.88. The fraction of sp³-hybridized carbons (Fsp3) is 0.160. The molecule has 2 heterocycles. The third-order valence-corrected chi connectivity index (χ3v) is 5.50. The Balaban J connectivity index is 1.79. The van der Waals surface area contributed by atoms with Crippen molar-refractivity contribution in [3.8, 4) is 28.1 Å². The minimum absolute atomic E-state index is 0.0296. The van der Waals surface area contributed by atoms with Crippen LogP contribution >= 0.6 is 0 Å². The molecule has 162 valence electrons. The molecule has 32 heavy (non-hydrogen) atoms. The highest BCUT2D eigenvalue weighted by molar-refractivity contribution is 5.93. The Morgan fingerprint density at radius 1 is 1.00 bits per heavy atom. The number of aromatic nitrogens is 3. The van der Waals surface area contributed by atoms with Crippen LogP contribution in [0.5, 0.6) is 0 Å². The van der Waals surface area contributed by atoms with E-state index in [-0.39, 0.29) is 6.42 Å². The van der Waals surface area contributed by atoms with E-state index in [0.29, 0.717) is 12.0 Å². The van der Waals surface area contributed by atoms with Crippen LogP contribution in [0.1, 0.15) is 28.0 Å². The summed E-state index contributed by atoms with van der Waals surface area (Å²) in [5.74, 6) is -1.33. The van der Waals surface area contributed by atoms with Crippen molar-refractivity contribution in [1.82, 2.24) is 14.3 Å². The van der Waals surface area contributed by atoms with Gasteiger partial charge in [-0.3, -0.25) is 14.3 Å². The number of nitrogens with zero attached hydrogens (tertiary/aromatic N) is 3. The second kappa shape index (κ2) is 8.55. The number of amides is 1. The summed E-state index contributed by atoms with van der Waals surface area (Å²) >= 11 is 0. The number of aryl methyl sites for hydroxylation is 3. The van der Waals surface area contributed by atoms with Crippen molar-refractivity contribution < 1.29 is 14.7 Å². The van der Waals surface area contributed by atoms with Gasteiger partial charge in [0.1, 0.15) is 0 Å². The number of carbonyl (C=O) groups excluding carboxylic acids is 1. The molecule has 0 aliphatic heterocycles. The molecule has 4 rings (SSSR count). The average molecular weight is 428 g/mol. The first-order valence-electron chi connectivity index (χ1n) is 10.3. The van der Waals surface area contributed by atoms with E-state index in [1.54, 1.807) is 16.8 Å². The summed E-state index contributed by atoms with van der Waals surface area (Å²) < 4.78 is 3.82. The van der Waals surface area contributed by atoms with Gasteiger partial charge in [0.2, 0.25) is 5.91 Å². The van der Waals surface area contributed by atoms with E-state index in [0.717, 1.165) is 39.3 Å². The maximum absolute atomic E-state index is 11.6. The van der Waals surface area contributed by atoms with E-state index in [2.05, 4.69) is 9.67 Å². The van der Waals surface area contributed by atoms with Gasteiger partial charge in [-0.15, -0.1) is 0 Å². The minimum Gasteiger partial charge on any atom is -0.481 e. The van der Waals surface area contributed by atoms with Gasteiger partial charge in [-0.2, -0.15) is 5.10 Å². The molecule has 0 spiro atoms. The molecule has 2 aromatic carbocycles. The van der Waals surface area contributed by atoms with Crippen LogP contribution in [-0.2, 0) is 18.3 Å². The molecular weight excluding hydrogens is 404 g/mol. The first kappa shape index (κ1) is 21.1. The van der Waals surface area contributed by atoms with Crippen LogP contribution in [0.3, 0.4) is 0 Å². The van der Waals surface area contributed by atoms with Crippen molar-refractivity contribution in [2.45, 2.75) is 19.8 Å². The molecule has 0 saturated heterocycles. The number of benzene rings is 2. The van der Waals surface area contributed by atoms with Crippen LogP contribution in [0.2, 0.25) is 0 Å². The van der Waals surface area contributed by atoms with Gasteiger partial charge in [0.05, 0.1) is 18.3 Å². The number of primary amides is 1. The first-order chi connectivity index (χ1) is 15.3. The van der Waals surface area contributed by atoms with Crippen LogP contribution in [0.15, 0.2) is 67.0 Å². The third kappa shape index (κ3) is 4.18. The average Bonchev–Trinajstić information content (AvgIpc) is 3.38. The lowest BCUT2D eigenvalue weighted by Crippen LogP contribution is -2.12. The molecule has 0 unspecified atom stereocenters. The van der Waals surface area contributed by atoms with Crippen LogP contribution in [0, 0.1) is 6.92 Å². The van der Waals surface area contributed by atoms with E-state index in [1.807, 2.05) is 68.8 Å². The summed E-state index contributed by atoms with van der Waals surface area (Å²) in [5, 5.41) is 13.4.